The third-order valence-electron chi connectivity index (χ3n) is 9.18. The number of esters is 2. The zero-order valence-electron chi connectivity index (χ0n) is 36.2. The van der Waals surface area contributed by atoms with Crippen molar-refractivity contribution in [3.05, 3.63) is 48.6 Å². The van der Waals surface area contributed by atoms with Crippen LogP contribution in [0.3, 0.4) is 0 Å². The molecular weight excluding hydrogens is 729 g/mol. The highest BCUT2D eigenvalue weighted by Crippen LogP contribution is 2.38. The maximum absolute atomic E-state index is 12.7. The van der Waals surface area contributed by atoms with E-state index < -0.39 is 38.6 Å². The second kappa shape index (κ2) is 37.2. The molecule has 11 heteroatoms. The quantitative estimate of drug-likeness (QED) is 0.0161. The Bertz CT molecular complexity index is 1120. The lowest BCUT2D eigenvalue weighted by Crippen LogP contribution is -2.37. The van der Waals surface area contributed by atoms with Gasteiger partial charge in [-0.2, -0.15) is 0 Å². The lowest BCUT2D eigenvalue weighted by Gasteiger charge is -2.28. The number of phosphoric ester groups is 1. The lowest BCUT2D eigenvalue weighted by atomic mass is 10.0. The van der Waals surface area contributed by atoms with Crippen molar-refractivity contribution in [2.45, 2.75) is 180 Å². The topological polar surface area (TPSA) is 131 Å². The maximum Gasteiger partial charge on any atom is 0.306 e. The van der Waals surface area contributed by atoms with E-state index in [0.29, 0.717) is 36.7 Å². The first-order chi connectivity index (χ1) is 26.9. The minimum atomic E-state index is -4.65. The minimum absolute atomic E-state index is 0.0495. The van der Waals surface area contributed by atoms with Gasteiger partial charge in [0.15, 0.2) is 6.10 Å². The largest absolute Gasteiger partial charge is 0.756 e. The van der Waals surface area contributed by atoms with Crippen molar-refractivity contribution in [2.24, 2.45) is 0 Å². The van der Waals surface area contributed by atoms with Crippen LogP contribution in [-0.4, -0.2) is 81.2 Å². The van der Waals surface area contributed by atoms with Gasteiger partial charge in [0.2, 0.25) is 0 Å². The molecule has 0 fully saturated rings. The molecule has 0 spiro atoms. The molecule has 0 bridgehead atoms. The van der Waals surface area contributed by atoms with Gasteiger partial charge in [0.25, 0.3) is 7.82 Å². The molecule has 0 aliphatic carbocycles. The van der Waals surface area contributed by atoms with Crippen molar-refractivity contribution in [2.75, 3.05) is 47.5 Å². The molecule has 0 aliphatic rings. The van der Waals surface area contributed by atoms with Crippen LogP contribution in [0.2, 0.25) is 0 Å². The van der Waals surface area contributed by atoms with Crippen LogP contribution in [0.4, 0.5) is 0 Å². The van der Waals surface area contributed by atoms with Crippen LogP contribution in [0, 0.1) is 0 Å². The molecule has 1 N–H and O–H groups in total. The number of ether oxygens (including phenoxy) is 2. The molecular formula is C45H82NO9P. The summed E-state index contributed by atoms with van der Waals surface area (Å²) in [6.45, 7) is 4.04. The van der Waals surface area contributed by atoms with Gasteiger partial charge < -0.3 is 33.0 Å². The van der Waals surface area contributed by atoms with E-state index in [0.717, 1.165) is 32.1 Å². The van der Waals surface area contributed by atoms with Crippen LogP contribution < -0.4 is 4.89 Å². The van der Waals surface area contributed by atoms with Crippen molar-refractivity contribution in [1.29, 1.82) is 0 Å². The van der Waals surface area contributed by atoms with Crippen LogP contribution >= 0.6 is 7.82 Å². The summed E-state index contributed by atoms with van der Waals surface area (Å²) in [5.41, 5.74) is 0. The van der Waals surface area contributed by atoms with Crippen LogP contribution in [0.15, 0.2) is 48.6 Å². The van der Waals surface area contributed by atoms with Crippen molar-refractivity contribution in [3.63, 3.8) is 0 Å². The molecule has 1 unspecified atom stereocenters. The van der Waals surface area contributed by atoms with Gasteiger partial charge in [0, 0.05) is 12.8 Å². The van der Waals surface area contributed by atoms with Gasteiger partial charge in [0.05, 0.1) is 33.9 Å². The van der Waals surface area contributed by atoms with Crippen molar-refractivity contribution in [3.8, 4) is 0 Å². The fourth-order valence-corrected chi connectivity index (χ4v) is 6.40. The van der Waals surface area contributed by atoms with E-state index >= 15 is 0 Å². The van der Waals surface area contributed by atoms with Crippen molar-refractivity contribution >= 4 is 19.8 Å². The molecule has 0 saturated carbocycles. The number of quaternary nitrogens is 1. The zero-order chi connectivity index (χ0) is 41.6. The predicted molar refractivity (Wildman–Crippen MR) is 228 cm³/mol. The molecule has 326 valence electrons. The summed E-state index contributed by atoms with van der Waals surface area (Å²) in [6, 6.07) is 0. The molecule has 0 amide bonds. The zero-order valence-corrected chi connectivity index (χ0v) is 37.1. The molecule has 0 heterocycles. The van der Waals surface area contributed by atoms with Gasteiger partial charge in [-0.05, 0) is 44.9 Å². The minimum Gasteiger partial charge on any atom is -0.756 e. The first-order valence-electron chi connectivity index (χ1n) is 22.0. The standard InChI is InChI=1S/C45H82NO9P/c1-6-8-10-12-14-15-16-17-18-19-20-25-29-33-37-45(49)55-43(41-54-56(50,51)53-39-38-46(3,4)5)40-52-44(48)36-32-28-24-22-21-23-27-31-35-42(47)34-30-26-13-11-9-7-2/h22-24,26-27,30-31,35,42-43,47H,6-21,25,28-29,32-34,36-41H2,1-5H3/b24-22-,27-23-,30-26-,35-31+/t42-,43-/m1/s1. The Morgan fingerprint density at radius 2 is 1.21 bits per heavy atom. The number of phosphoric acid groups is 1. The third kappa shape index (κ3) is 40.1. The second-order valence-electron chi connectivity index (χ2n) is 15.9. The SMILES string of the molecule is CCCCC/C=C\C[C@@H](O)/C=C/C=C\C/C=C\CCCC(=O)OC[C@H](COP(=O)([O-])OCC[N+](C)(C)C)OC(=O)CCCCCCCCCCCCCCCC. The number of carbonyl (C=O) groups is 2. The average Bonchev–Trinajstić information content (AvgIpc) is 3.14. The summed E-state index contributed by atoms with van der Waals surface area (Å²) >= 11 is 0. The highest BCUT2D eigenvalue weighted by Gasteiger charge is 2.21. The summed E-state index contributed by atoms with van der Waals surface area (Å²) in [6.07, 6.45) is 38.8. The molecule has 0 aromatic carbocycles. The van der Waals surface area contributed by atoms with Crippen molar-refractivity contribution in [1.82, 2.24) is 0 Å². The first-order valence-corrected chi connectivity index (χ1v) is 23.4. The Morgan fingerprint density at radius 3 is 1.84 bits per heavy atom. The molecule has 56 heavy (non-hydrogen) atoms. The first kappa shape index (κ1) is 53.9. The molecule has 0 rings (SSSR count). The van der Waals surface area contributed by atoms with Gasteiger partial charge in [-0.15, -0.1) is 0 Å². The van der Waals surface area contributed by atoms with Gasteiger partial charge >= 0.3 is 11.9 Å². The fraction of sp³-hybridized carbons (Fsp3) is 0.778. The Labute approximate surface area is 342 Å². The molecule has 10 nitrogen and oxygen atoms in total. The number of hydrogen-bond acceptors (Lipinski definition) is 9. The van der Waals surface area contributed by atoms with E-state index in [1.54, 1.807) is 6.08 Å². The number of nitrogens with zero attached hydrogens (tertiary/aromatic N) is 1. The number of allylic oxidation sites excluding steroid dienone is 6. The fourth-order valence-electron chi connectivity index (χ4n) is 5.67. The number of carbonyl (C=O) groups excluding carboxylic acids is 2. The number of unbranched alkanes of at least 4 members (excludes halogenated alkanes) is 17. The van der Waals surface area contributed by atoms with Crippen LogP contribution in [0.25, 0.3) is 0 Å². The Kier molecular flexibility index (Phi) is 35.8. The summed E-state index contributed by atoms with van der Waals surface area (Å²) in [5, 5.41) is 10.0. The number of likely N-dealkylation sites (N-methyl/N-ethyl adjacent to an activating group) is 1. The van der Waals surface area contributed by atoms with Crippen molar-refractivity contribution < 1.29 is 47.2 Å². The van der Waals surface area contributed by atoms with E-state index in [1.165, 1.54) is 83.5 Å². The molecule has 0 saturated heterocycles. The highest BCUT2D eigenvalue weighted by atomic mass is 31.2. The van der Waals surface area contributed by atoms with E-state index in [2.05, 4.69) is 19.9 Å². The number of hydrogen-bond donors (Lipinski definition) is 1. The maximum atomic E-state index is 12.7. The van der Waals surface area contributed by atoms with Gasteiger partial charge in [-0.1, -0.05) is 159 Å². The lowest BCUT2D eigenvalue weighted by molar-refractivity contribution is -0.870. The third-order valence-corrected chi connectivity index (χ3v) is 10.1. The predicted octanol–water partition coefficient (Wildman–Crippen LogP) is 10.6. The van der Waals surface area contributed by atoms with Gasteiger partial charge in [-0.3, -0.25) is 14.2 Å². The summed E-state index contributed by atoms with van der Waals surface area (Å²) < 4.78 is 33.8. The van der Waals surface area contributed by atoms with E-state index in [4.69, 9.17) is 18.5 Å². The highest BCUT2D eigenvalue weighted by molar-refractivity contribution is 7.45. The smallest absolute Gasteiger partial charge is 0.306 e. The number of aliphatic hydroxyl groups excluding tert-OH is 1. The normalized spacial score (nSPS) is 14.6. The van der Waals surface area contributed by atoms with Gasteiger partial charge in [0.1, 0.15) is 19.8 Å². The second-order valence-corrected chi connectivity index (χ2v) is 17.3. The summed E-state index contributed by atoms with van der Waals surface area (Å²) in [4.78, 5) is 37.5. The van der Waals surface area contributed by atoms with Gasteiger partial charge in [-0.25, -0.2) is 0 Å². The molecule has 0 aromatic rings. The van der Waals surface area contributed by atoms with Crippen LogP contribution in [0.1, 0.15) is 168 Å². The number of rotatable bonds is 39. The molecule has 0 aliphatic heterocycles. The Balaban J connectivity index is 4.51. The van der Waals surface area contributed by atoms with E-state index in [9.17, 15) is 24.2 Å². The molecule has 0 radical (unpaired) electrons. The number of aliphatic hydroxyl groups is 1. The van der Waals surface area contributed by atoms with Crippen LogP contribution in [-0.2, 0) is 32.7 Å². The average molecular weight is 812 g/mol. The van der Waals surface area contributed by atoms with E-state index in [-0.39, 0.29) is 26.1 Å². The summed E-state index contributed by atoms with van der Waals surface area (Å²) in [7, 11) is 1.10. The Morgan fingerprint density at radius 1 is 0.661 bits per heavy atom. The molecule has 3 atom stereocenters. The van der Waals surface area contributed by atoms with Crippen LogP contribution in [0.5, 0.6) is 0 Å². The van der Waals surface area contributed by atoms with E-state index in [1.807, 2.05) is 57.6 Å². The monoisotopic (exact) mass is 812 g/mol. The summed E-state index contributed by atoms with van der Waals surface area (Å²) in [5.74, 6) is -0.938. The molecule has 0 aromatic heterocycles. The Hall–Kier alpha value is -2.07.